The second-order valence-corrected chi connectivity index (χ2v) is 6.33. The third kappa shape index (κ3) is 4.45. The van der Waals surface area contributed by atoms with Crippen molar-refractivity contribution in [2.75, 3.05) is 5.75 Å². The van der Waals surface area contributed by atoms with Crippen molar-refractivity contribution in [2.24, 2.45) is 0 Å². The van der Waals surface area contributed by atoms with E-state index in [9.17, 15) is 13.6 Å². The van der Waals surface area contributed by atoms with E-state index in [1.165, 1.54) is 0 Å². The van der Waals surface area contributed by atoms with Gasteiger partial charge >= 0.3 is 5.97 Å². The molecule has 0 radical (unpaired) electrons. The highest BCUT2D eigenvalue weighted by Gasteiger charge is 2.19. The maximum absolute atomic E-state index is 13.5. The van der Waals surface area contributed by atoms with Crippen LogP contribution in [0.3, 0.4) is 0 Å². The maximum atomic E-state index is 13.5. The van der Waals surface area contributed by atoms with Crippen molar-refractivity contribution in [3.63, 3.8) is 0 Å². The Bertz CT molecular complexity index is 902. The summed E-state index contributed by atoms with van der Waals surface area (Å²) in [6.45, 7) is 1.59. The van der Waals surface area contributed by atoms with E-state index in [1.54, 1.807) is 6.92 Å². The lowest BCUT2D eigenvalue weighted by atomic mass is 10.2. The summed E-state index contributed by atoms with van der Waals surface area (Å²) < 4.78 is 37.0. The third-order valence-electron chi connectivity index (χ3n) is 3.37. The Kier molecular flexibility index (Phi) is 5.62. The number of hydrogen-bond acceptors (Lipinski definition) is 6. The first-order chi connectivity index (χ1) is 12.5. The predicted molar refractivity (Wildman–Crippen MR) is 91.3 cm³/mol. The minimum Gasteiger partial charge on any atom is -0.452 e. The average molecular weight is 376 g/mol. The van der Waals surface area contributed by atoms with Crippen molar-refractivity contribution >= 4 is 17.7 Å². The molecular weight excluding hydrogens is 362 g/mol. The summed E-state index contributed by atoms with van der Waals surface area (Å²) in [4.78, 5) is 16.2. The molecule has 8 heteroatoms. The highest BCUT2D eigenvalue weighted by atomic mass is 32.2. The molecule has 1 atom stereocenters. The van der Waals surface area contributed by atoms with Crippen LogP contribution in [0.25, 0.3) is 11.4 Å². The molecule has 2 aromatic carbocycles. The van der Waals surface area contributed by atoms with E-state index >= 15 is 0 Å². The summed E-state index contributed by atoms with van der Waals surface area (Å²) in [5, 5.41) is 3.86. The summed E-state index contributed by atoms with van der Waals surface area (Å²) in [6, 6.07) is 12.3. The fourth-order valence-electron chi connectivity index (χ4n) is 2.11. The van der Waals surface area contributed by atoms with Crippen LogP contribution in [0.4, 0.5) is 8.78 Å². The number of nitrogens with zero attached hydrogens (tertiary/aromatic N) is 2. The zero-order chi connectivity index (χ0) is 18.5. The van der Waals surface area contributed by atoms with Gasteiger partial charge in [-0.25, -0.2) is 8.78 Å². The van der Waals surface area contributed by atoms with Gasteiger partial charge in [-0.2, -0.15) is 4.98 Å². The van der Waals surface area contributed by atoms with Crippen molar-refractivity contribution in [1.29, 1.82) is 0 Å². The lowest BCUT2D eigenvalue weighted by Crippen LogP contribution is -2.11. The normalized spacial score (nSPS) is 12.0. The van der Waals surface area contributed by atoms with Gasteiger partial charge in [-0.1, -0.05) is 35.5 Å². The molecule has 1 heterocycles. The van der Waals surface area contributed by atoms with Crippen LogP contribution >= 0.6 is 11.8 Å². The predicted octanol–water partition coefficient (Wildman–Crippen LogP) is 4.41. The smallest absolute Gasteiger partial charge is 0.317 e. The second kappa shape index (κ2) is 8.09. The molecule has 0 aliphatic heterocycles. The molecule has 26 heavy (non-hydrogen) atoms. The van der Waals surface area contributed by atoms with Crippen LogP contribution in [-0.2, 0) is 9.53 Å². The Balaban J connectivity index is 1.58. The first-order valence-electron chi connectivity index (χ1n) is 7.69. The van der Waals surface area contributed by atoms with Gasteiger partial charge in [0.25, 0.3) is 5.89 Å². The van der Waals surface area contributed by atoms with Crippen LogP contribution in [0, 0.1) is 11.6 Å². The van der Waals surface area contributed by atoms with Gasteiger partial charge in [0.1, 0.15) is 11.6 Å². The number of hydrogen-bond donors (Lipinski definition) is 0. The standard InChI is InChI=1S/C18H14F2N2O3S/c1-11(18-21-17(22-25-18)12-5-3-2-4-6-12)24-16(23)10-26-15-9-13(19)7-8-14(15)20/h2-9,11H,10H2,1H3/t11-/m1/s1. The van der Waals surface area contributed by atoms with Gasteiger partial charge in [0.2, 0.25) is 5.82 Å². The van der Waals surface area contributed by atoms with Crippen molar-refractivity contribution in [2.45, 2.75) is 17.9 Å². The number of carbonyl (C=O) groups excluding carboxylic acids is 1. The van der Waals surface area contributed by atoms with Crippen LogP contribution in [-0.4, -0.2) is 21.9 Å². The monoisotopic (exact) mass is 376 g/mol. The Morgan fingerprint density at radius 1 is 1.23 bits per heavy atom. The fraction of sp³-hybridized carbons (Fsp3) is 0.167. The van der Waals surface area contributed by atoms with E-state index in [2.05, 4.69) is 10.1 Å². The molecule has 0 spiro atoms. The van der Waals surface area contributed by atoms with E-state index in [0.29, 0.717) is 5.82 Å². The van der Waals surface area contributed by atoms with Gasteiger partial charge in [-0.3, -0.25) is 4.79 Å². The van der Waals surface area contributed by atoms with Crippen LogP contribution in [0.15, 0.2) is 57.9 Å². The minimum atomic E-state index is -0.759. The van der Waals surface area contributed by atoms with Gasteiger partial charge < -0.3 is 9.26 Å². The zero-order valence-corrected chi connectivity index (χ0v) is 14.5. The molecule has 0 fully saturated rings. The molecule has 0 unspecified atom stereocenters. The summed E-state index contributed by atoms with van der Waals surface area (Å²) in [5.41, 5.74) is 0.776. The molecule has 0 N–H and O–H groups in total. The van der Waals surface area contributed by atoms with Crippen molar-refractivity contribution < 1.29 is 22.8 Å². The number of ether oxygens (including phenoxy) is 1. The van der Waals surface area contributed by atoms with Crippen LogP contribution in [0.5, 0.6) is 0 Å². The summed E-state index contributed by atoms with van der Waals surface area (Å²) in [6.07, 6.45) is -0.759. The molecule has 3 rings (SSSR count). The van der Waals surface area contributed by atoms with Gasteiger partial charge in [0, 0.05) is 10.5 Å². The Morgan fingerprint density at radius 3 is 2.77 bits per heavy atom. The van der Waals surface area contributed by atoms with E-state index in [0.717, 1.165) is 35.5 Å². The van der Waals surface area contributed by atoms with E-state index < -0.39 is 23.7 Å². The molecule has 3 aromatic rings. The first-order valence-corrected chi connectivity index (χ1v) is 8.68. The molecule has 134 valence electrons. The Morgan fingerprint density at radius 2 is 2.00 bits per heavy atom. The molecule has 0 saturated carbocycles. The van der Waals surface area contributed by atoms with Crippen molar-refractivity contribution in [3.8, 4) is 11.4 Å². The second-order valence-electron chi connectivity index (χ2n) is 5.32. The number of rotatable bonds is 6. The van der Waals surface area contributed by atoms with E-state index in [-0.39, 0.29) is 16.5 Å². The van der Waals surface area contributed by atoms with Crippen LogP contribution < -0.4 is 0 Å². The van der Waals surface area contributed by atoms with Gasteiger partial charge in [-0.05, 0) is 25.1 Å². The average Bonchev–Trinajstić information content (AvgIpc) is 3.13. The molecular formula is C18H14F2N2O3S. The molecule has 0 aliphatic rings. The maximum Gasteiger partial charge on any atom is 0.317 e. The lowest BCUT2D eigenvalue weighted by Gasteiger charge is -2.09. The number of benzene rings is 2. The topological polar surface area (TPSA) is 65.2 Å². The Labute approximate surface area is 152 Å². The fourth-order valence-corrected chi connectivity index (χ4v) is 2.85. The number of carbonyl (C=O) groups is 1. The van der Waals surface area contributed by atoms with Gasteiger partial charge in [0.05, 0.1) is 5.75 Å². The SMILES string of the molecule is C[C@@H](OC(=O)CSc1cc(F)ccc1F)c1nc(-c2ccccc2)no1. The molecule has 0 saturated heterocycles. The zero-order valence-electron chi connectivity index (χ0n) is 13.7. The highest BCUT2D eigenvalue weighted by Crippen LogP contribution is 2.24. The number of aromatic nitrogens is 2. The van der Waals surface area contributed by atoms with Gasteiger partial charge in [-0.15, -0.1) is 11.8 Å². The first kappa shape index (κ1) is 18.1. The molecule has 5 nitrogen and oxygen atoms in total. The van der Waals surface area contributed by atoms with Gasteiger partial charge in [0.15, 0.2) is 6.10 Å². The minimum absolute atomic E-state index is 0.0405. The third-order valence-corrected chi connectivity index (χ3v) is 4.37. The van der Waals surface area contributed by atoms with E-state index in [1.807, 2.05) is 30.3 Å². The largest absolute Gasteiger partial charge is 0.452 e. The van der Waals surface area contributed by atoms with Crippen molar-refractivity contribution in [1.82, 2.24) is 10.1 Å². The Hall–Kier alpha value is -2.74. The number of esters is 1. The highest BCUT2D eigenvalue weighted by molar-refractivity contribution is 8.00. The van der Waals surface area contributed by atoms with Crippen LogP contribution in [0.2, 0.25) is 0 Å². The summed E-state index contributed by atoms with van der Waals surface area (Å²) in [7, 11) is 0. The van der Waals surface area contributed by atoms with Crippen molar-refractivity contribution in [3.05, 3.63) is 66.1 Å². The molecule has 0 aliphatic carbocycles. The number of thioether (sulfide) groups is 1. The molecule has 0 bridgehead atoms. The van der Waals surface area contributed by atoms with Crippen LogP contribution in [0.1, 0.15) is 18.9 Å². The number of halogens is 2. The lowest BCUT2D eigenvalue weighted by molar-refractivity contribution is -0.146. The summed E-state index contributed by atoms with van der Waals surface area (Å²) in [5.74, 6) is -1.41. The molecule has 1 aromatic heterocycles. The van der Waals surface area contributed by atoms with E-state index in [4.69, 9.17) is 9.26 Å². The summed E-state index contributed by atoms with van der Waals surface area (Å²) >= 11 is 0.852. The quantitative estimate of drug-likeness (QED) is 0.469. The molecule has 0 amide bonds.